The standard InChI is InChI=1S/C31H30FN3O3/c32-26-13-10-22(11-14-26)30-23(6-4-5-9-29(36)37)20-25-21-24(12-15-28(25)33-30)31(38)35-18-16-34(17-19-35)27-7-2-1-3-8-27/h1-3,7-8,10-15,20-21H,4-6,9,16-19H2,(H,36,37). The zero-order valence-electron chi connectivity index (χ0n) is 21.1. The number of carboxylic acids is 1. The van der Waals surface area contributed by atoms with Gasteiger partial charge in [0.1, 0.15) is 5.82 Å². The van der Waals surface area contributed by atoms with Crippen LogP contribution < -0.4 is 4.90 Å². The fraction of sp³-hybridized carbons (Fsp3) is 0.258. The lowest BCUT2D eigenvalue weighted by atomic mass is 9.98. The minimum Gasteiger partial charge on any atom is -0.481 e. The van der Waals surface area contributed by atoms with E-state index in [0.29, 0.717) is 37.9 Å². The highest BCUT2D eigenvalue weighted by atomic mass is 19.1. The number of unbranched alkanes of at least 4 members (excludes halogenated alkanes) is 1. The normalized spacial score (nSPS) is 13.6. The van der Waals surface area contributed by atoms with Gasteiger partial charge in [-0.05, 0) is 85.5 Å². The van der Waals surface area contributed by atoms with Gasteiger partial charge < -0.3 is 14.9 Å². The van der Waals surface area contributed by atoms with Crippen LogP contribution in [0.25, 0.3) is 22.2 Å². The summed E-state index contributed by atoms with van der Waals surface area (Å²) in [5.41, 5.74) is 5.06. The number of benzene rings is 3. The van der Waals surface area contributed by atoms with Crippen LogP contribution in [0.15, 0.2) is 78.9 Å². The number of aryl methyl sites for hydroxylation is 1. The molecule has 38 heavy (non-hydrogen) atoms. The molecule has 5 rings (SSSR count). The molecule has 4 aromatic rings. The molecule has 0 bridgehead atoms. The summed E-state index contributed by atoms with van der Waals surface area (Å²) in [5, 5.41) is 9.85. The molecule has 0 saturated carbocycles. The molecular weight excluding hydrogens is 481 g/mol. The van der Waals surface area contributed by atoms with Crippen LogP contribution in [0.4, 0.5) is 10.1 Å². The van der Waals surface area contributed by atoms with Gasteiger partial charge in [-0.3, -0.25) is 9.59 Å². The molecule has 1 amide bonds. The van der Waals surface area contributed by atoms with Gasteiger partial charge in [0.25, 0.3) is 5.91 Å². The number of hydrogen-bond acceptors (Lipinski definition) is 4. The highest BCUT2D eigenvalue weighted by molar-refractivity contribution is 5.98. The first-order valence-electron chi connectivity index (χ1n) is 13.0. The number of rotatable bonds is 8. The van der Waals surface area contributed by atoms with Crippen LogP contribution in [-0.4, -0.2) is 53.0 Å². The summed E-state index contributed by atoms with van der Waals surface area (Å²) < 4.78 is 13.5. The number of para-hydroxylation sites is 1. The summed E-state index contributed by atoms with van der Waals surface area (Å²) in [6, 6.07) is 24.1. The summed E-state index contributed by atoms with van der Waals surface area (Å²) in [4.78, 5) is 33.4. The first-order chi connectivity index (χ1) is 18.5. The van der Waals surface area contributed by atoms with E-state index in [0.717, 1.165) is 40.8 Å². The molecule has 0 aliphatic carbocycles. The zero-order chi connectivity index (χ0) is 26.5. The average Bonchev–Trinajstić information content (AvgIpc) is 2.95. The third-order valence-electron chi connectivity index (χ3n) is 7.03. The molecule has 7 heteroatoms. The maximum atomic E-state index is 13.5. The summed E-state index contributed by atoms with van der Waals surface area (Å²) in [6.45, 7) is 2.88. The largest absolute Gasteiger partial charge is 0.481 e. The number of halogens is 1. The number of pyridine rings is 1. The van der Waals surface area contributed by atoms with Crippen molar-refractivity contribution in [3.8, 4) is 11.3 Å². The van der Waals surface area contributed by atoms with E-state index < -0.39 is 5.97 Å². The van der Waals surface area contributed by atoms with Crippen LogP contribution in [0, 0.1) is 5.82 Å². The van der Waals surface area contributed by atoms with Crippen molar-refractivity contribution in [1.82, 2.24) is 9.88 Å². The number of nitrogens with zero attached hydrogens (tertiary/aromatic N) is 3. The molecule has 0 spiro atoms. The van der Waals surface area contributed by atoms with E-state index in [1.807, 2.05) is 47.4 Å². The van der Waals surface area contributed by atoms with Gasteiger partial charge in [-0.15, -0.1) is 0 Å². The molecule has 6 nitrogen and oxygen atoms in total. The lowest BCUT2D eigenvalue weighted by Gasteiger charge is -2.36. The van der Waals surface area contributed by atoms with Gasteiger partial charge in [0, 0.05) is 54.8 Å². The van der Waals surface area contributed by atoms with Crippen LogP contribution >= 0.6 is 0 Å². The number of fused-ring (bicyclic) bond motifs is 1. The fourth-order valence-electron chi connectivity index (χ4n) is 4.98. The molecule has 1 aliphatic heterocycles. The number of hydrogen-bond donors (Lipinski definition) is 1. The number of aliphatic carboxylic acids is 1. The molecule has 3 aromatic carbocycles. The molecule has 2 heterocycles. The summed E-state index contributed by atoms with van der Waals surface area (Å²) in [6.07, 6.45) is 2.01. The third-order valence-corrected chi connectivity index (χ3v) is 7.03. The van der Waals surface area contributed by atoms with Gasteiger partial charge in [-0.25, -0.2) is 9.37 Å². The molecule has 194 valence electrons. The lowest BCUT2D eigenvalue weighted by molar-refractivity contribution is -0.137. The van der Waals surface area contributed by atoms with E-state index in [2.05, 4.69) is 17.0 Å². The molecular formula is C31H30FN3O3. The summed E-state index contributed by atoms with van der Waals surface area (Å²) >= 11 is 0. The lowest BCUT2D eigenvalue weighted by Crippen LogP contribution is -2.48. The number of amides is 1. The smallest absolute Gasteiger partial charge is 0.303 e. The zero-order valence-corrected chi connectivity index (χ0v) is 21.1. The van der Waals surface area contributed by atoms with E-state index in [-0.39, 0.29) is 18.1 Å². The first-order valence-corrected chi connectivity index (χ1v) is 13.0. The highest BCUT2D eigenvalue weighted by Gasteiger charge is 2.23. The van der Waals surface area contributed by atoms with Gasteiger partial charge in [0.2, 0.25) is 0 Å². The van der Waals surface area contributed by atoms with Crippen molar-refractivity contribution in [1.29, 1.82) is 0 Å². The number of carbonyl (C=O) groups excluding carboxylic acids is 1. The maximum absolute atomic E-state index is 13.5. The van der Waals surface area contributed by atoms with E-state index in [9.17, 15) is 14.0 Å². The Morgan fingerprint density at radius 3 is 2.32 bits per heavy atom. The van der Waals surface area contributed by atoms with Crippen molar-refractivity contribution >= 4 is 28.5 Å². The maximum Gasteiger partial charge on any atom is 0.303 e. The Kier molecular flexibility index (Phi) is 7.63. The molecule has 1 N–H and O–H groups in total. The second kappa shape index (κ2) is 11.4. The quantitative estimate of drug-likeness (QED) is 0.303. The first kappa shape index (κ1) is 25.4. The van der Waals surface area contributed by atoms with Crippen molar-refractivity contribution in [2.45, 2.75) is 25.7 Å². The van der Waals surface area contributed by atoms with Crippen molar-refractivity contribution in [3.63, 3.8) is 0 Å². The molecule has 0 atom stereocenters. The minimum absolute atomic E-state index is 0.00484. The fourth-order valence-corrected chi connectivity index (χ4v) is 4.98. The van der Waals surface area contributed by atoms with Gasteiger partial charge in [-0.1, -0.05) is 18.2 Å². The number of carboxylic acid groups (broad SMARTS) is 1. The van der Waals surface area contributed by atoms with Crippen LogP contribution in [-0.2, 0) is 11.2 Å². The SMILES string of the molecule is O=C(O)CCCCc1cc2cc(C(=O)N3CCN(c4ccccc4)CC3)ccc2nc1-c1ccc(F)cc1. The van der Waals surface area contributed by atoms with Gasteiger partial charge in [0.05, 0.1) is 11.2 Å². The Balaban J connectivity index is 1.37. The monoisotopic (exact) mass is 511 g/mol. The average molecular weight is 512 g/mol. The van der Waals surface area contributed by atoms with E-state index in [4.69, 9.17) is 10.1 Å². The second-order valence-electron chi connectivity index (χ2n) is 9.63. The summed E-state index contributed by atoms with van der Waals surface area (Å²) in [7, 11) is 0. The number of carbonyl (C=O) groups is 2. The molecule has 1 aliphatic rings. The predicted molar refractivity (Wildman–Crippen MR) is 147 cm³/mol. The van der Waals surface area contributed by atoms with E-state index in [1.54, 1.807) is 12.1 Å². The predicted octanol–water partition coefficient (Wildman–Crippen LogP) is 5.80. The van der Waals surface area contributed by atoms with Crippen molar-refractivity contribution in [3.05, 3.63) is 95.8 Å². The second-order valence-corrected chi connectivity index (χ2v) is 9.63. The Morgan fingerprint density at radius 1 is 0.868 bits per heavy atom. The van der Waals surface area contributed by atoms with Crippen LogP contribution in [0.2, 0.25) is 0 Å². The van der Waals surface area contributed by atoms with Crippen LogP contribution in [0.1, 0.15) is 35.2 Å². The third kappa shape index (κ3) is 5.83. The Hall–Kier alpha value is -4.26. The van der Waals surface area contributed by atoms with Gasteiger partial charge in [-0.2, -0.15) is 0 Å². The van der Waals surface area contributed by atoms with E-state index in [1.165, 1.54) is 17.8 Å². The minimum atomic E-state index is -0.812. The van der Waals surface area contributed by atoms with Crippen molar-refractivity contribution < 1.29 is 19.1 Å². The molecule has 1 aromatic heterocycles. The van der Waals surface area contributed by atoms with Gasteiger partial charge in [0.15, 0.2) is 0 Å². The van der Waals surface area contributed by atoms with Gasteiger partial charge >= 0.3 is 5.97 Å². The Bertz CT molecular complexity index is 1430. The molecule has 0 unspecified atom stereocenters. The van der Waals surface area contributed by atoms with Crippen molar-refractivity contribution in [2.24, 2.45) is 0 Å². The Morgan fingerprint density at radius 2 is 1.61 bits per heavy atom. The number of piperazine rings is 1. The van der Waals surface area contributed by atoms with Crippen LogP contribution in [0.5, 0.6) is 0 Å². The number of aromatic nitrogens is 1. The highest BCUT2D eigenvalue weighted by Crippen LogP contribution is 2.28. The molecule has 1 fully saturated rings. The molecule has 0 radical (unpaired) electrons. The van der Waals surface area contributed by atoms with E-state index >= 15 is 0 Å². The number of anilines is 1. The molecule has 1 saturated heterocycles. The topological polar surface area (TPSA) is 73.7 Å². The van der Waals surface area contributed by atoms with Crippen molar-refractivity contribution in [2.75, 3.05) is 31.1 Å². The Labute approximate surface area is 221 Å². The summed E-state index contributed by atoms with van der Waals surface area (Å²) in [5.74, 6) is -1.12. The van der Waals surface area contributed by atoms with Crippen LogP contribution in [0.3, 0.4) is 0 Å².